The summed E-state index contributed by atoms with van der Waals surface area (Å²) in [5, 5.41) is -0.439. The van der Waals surface area contributed by atoms with E-state index in [1.54, 1.807) is 31.2 Å². The van der Waals surface area contributed by atoms with E-state index in [-0.39, 0.29) is 5.97 Å². The summed E-state index contributed by atoms with van der Waals surface area (Å²) in [7, 11) is 2.54. The summed E-state index contributed by atoms with van der Waals surface area (Å²) in [6.07, 6.45) is 0.536. The topological polar surface area (TPSA) is 69.7 Å². The van der Waals surface area contributed by atoms with Crippen LogP contribution in [0.3, 0.4) is 0 Å². The van der Waals surface area contributed by atoms with Gasteiger partial charge in [-0.3, -0.25) is 9.59 Å². The van der Waals surface area contributed by atoms with Gasteiger partial charge in [0, 0.05) is 4.90 Å². The van der Waals surface area contributed by atoms with Crippen molar-refractivity contribution in [3.8, 4) is 0 Å². The average Bonchev–Trinajstić information content (AvgIpc) is 2.48. The Morgan fingerprint density at radius 1 is 1.15 bits per heavy atom. The van der Waals surface area contributed by atoms with Gasteiger partial charge in [-0.25, -0.2) is 0 Å². The van der Waals surface area contributed by atoms with E-state index in [1.165, 1.54) is 26.0 Å². The lowest BCUT2D eigenvalue weighted by molar-refractivity contribution is -0.143. The van der Waals surface area contributed by atoms with Gasteiger partial charge in [0.15, 0.2) is 0 Å². The fourth-order valence-electron chi connectivity index (χ4n) is 1.63. The first kappa shape index (κ1) is 16.2. The third-order valence-electron chi connectivity index (χ3n) is 2.68. The van der Waals surface area contributed by atoms with Gasteiger partial charge in [0.25, 0.3) is 0 Å². The van der Waals surface area contributed by atoms with E-state index < -0.39 is 17.1 Å². The third kappa shape index (κ3) is 3.84. The van der Waals surface area contributed by atoms with E-state index in [9.17, 15) is 14.4 Å². The molecule has 0 aromatic heterocycles. The number of rotatable bonds is 6. The number of carbonyl (C=O) groups is 3. The number of carbonyl (C=O) groups excluding carboxylic acids is 3. The van der Waals surface area contributed by atoms with E-state index in [4.69, 9.17) is 0 Å². The van der Waals surface area contributed by atoms with Gasteiger partial charge in [-0.1, -0.05) is 18.2 Å². The van der Waals surface area contributed by atoms with E-state index >= 15 is 0 Å². The van der Waals surface area contributed by atoms with Crippen LogP contribution < -0.4 is 0 Å². The van der Waals surface area contributed by atoms with Crippen molar-refractivity contribution >= 4 is 30.0 Å². The van der Waals surface area contributed by atoms with Crippen LogP contribution in [0.2, 0.25) is 0 Å². The quantitative estimate of drug-likeness (QED) is 0.345. The van der Waals surface area contributed by atoms with Crippen LogP contribution in [0, 0.1) is 0 Å². The Kier molecular flexibility index (Phi) is 6.24. The predicted molar refractivity (Wildman–Crippen MR) is 74.6 cm³/mol. The summed E-state index contributed by atoms with van der Waals surface area (Å²) in [5.41, 5.74) is 0.523. The molecule has 20 heavy (non-hydrogen) atoms. The van der Waals surface area contributed by atoms with E-state index in [0.29, 0.717) is 16.7 Å². The number of hydrogen-bond acceptors (Lipinski definition) is 6. The molecule has 5 nitrogen and oxygen atoms in total. The molecular weight excluding hydrogens is 280 g/mol. The average molecular weight is 296 g/mol. The largest absolute Gasteiger partial charge is 0.468 e. The van der Waals surface area contributed by atoms with Crippen LogP contribution in [-0.2, 0) is 23.9 Å². The second-order valence-corrected chi connectivity index (χ2v) is 5.34. The number of benzene rings is 1. The summed E-state index contributed by atoms with van der Waals surface area (Å²) in [4.78, 5) is 34.9. The Labute approximate surface area is 121 Å². The molecule has 0 aliphatic heterocycles. The minimum Gasteiger partial charge on any atom is -0.468 e. The molecule has 0 bridgehead atoms. The fraction of sp³-hybridized carbons (Fsp3) is 0.357. The molecule has 1 aromatic rings. The number of thioether (sulfide) groups is 1. The molecule has 0 heterocycles. The maximum absolute atomic E-state index is 11.6. The second kappa shape index (κ2) is 7.69. The van der Waals surface area contributed by atoms with Crippen LogP contribution in [0.4, 0.5) is 0 Å². The van der Waals surface area contributed by atoms with Crippen molar-refractivity contribution in [2.24, 2.45) is 0 Å². The van der Waals surface area contributed by atoms with Crippen molar-refractivity contribution in [3.63, 3.8) is 0 Å². The molecule has 0 aliphatic carbocycles. The second-order valence-electron chi connectivity index (χ2n) is 3.96. The maximum Gasteiger partial charge on any atom is 0.320 e. The summed E-state index contributed by atoms with van der Waals surface area (Å²) in [6, 6.07) is 6.91. The van der Waals surface area contributed by atoms with Crippen molar-refractivity contribution in [3.05, 3.63) is 29.8 Å². The number of esters is 2. The Hall–Kier alpha value is -1.82. The fourth-order valence-corrected chi connectivity index (χ4v) is 2.69. The number of methoxy groups -OCH3 is 2. The Morgan fingerprint density at radius 2 is 1.75 bits per heavy atom. The van der Waals surface area contributed by atoms with Gasteiger partial charge in [0.2, 0.25) is 0 Å². The number of ether oxygens (including phenoxy) is 2. The molecule has 0 saturated carbocycles. The lowest BCUT2D eigenvalue weighted by Gasteiger charge is -2.15. The van der Waals surface area contributed by atoms with Gasteiger partial charge in [-0.05, 0) is 18.6 Å². The Bertz CT molecular complexity index is 500. The van der Waals surface area contributed by atoms with E-state index in [0.717, 1.165) is 0 Å². The third-order valence-corrected chi connectivity index (χ3v) is 3.85. The Balaban J connectivity index is 3.07. The highest BCUT2D eigenvalue weighted by atomic mass is 32.2. The number of hydrogen-bond donors (Lipinski definition) is 0. The van der Waals surface area contributed by atoms with E-state index in [1.807, 2.05) is 0 Å². The highest BCUT2D eigenvalue weighted by Crippen LogP contribution is 2.31. The molecule has 0 radical (unpaired) electrons. The summed E-state index contributed by atoms with van der Waals surface area (Å²) < 4.78 is 9.27. The van der Waals surface area contributed by atoms with Crippen LogP contribution in [0.25, 0.3) is 0 Å². The van der Waals surface area contributed by atoms with Crippen LogP contribution in [0.15, 0.2) is 29.2 Å². The molecule has 0 amide bonds. The lowest BCUT2D eigenvalue weighted by Crippen LogP contribution is -2.18. The SMILES string of the molecule is COC(=O)C(C)Sc1ccccc1C(C=O)C(=O)OC. The maximum atomic E-state index is 11.6. The molecule has 6 heteroatoms. The molecule has 1 aromatic carbocycles. The van der Waals surface area contributed by atoms with Gasteiger partial charge < -0.3 is 14.3 Å². The zero-order valence-corrected chi connectivity index (χ0v) is 12.3. The first-order valence-corrected chi connectivity index (χ1v) is 6.79. The zero-order valence-electron chi connectivity index (χ0n) is 11.5. The first-order valence-electron chi connectivity index (χ1n) is 5.91. The van der Waals surface area contributed by atoms with Gasteiger partial charge in [0.1, 0.15) is 17.5 Å². The van der Waals surface area contributed by atoms with Gasteiger partial charge in [-0.15, -0.1) is 11.8 Å². The molecule has 108 valence electrons. The molecule has 0 saturated heterocycles. The first-order chi connectivity index (χ1) is 9.54. The molecule has 0 aliphatic rings. The van der Waals surface area contributed by atoms with Crippen LogP contribution in [-0.4, -0.2) is 37.7 Å². The van der Waals surface area contributed by atoms with Crippen molar-refractivity contribution in [1.29, 1.82) is 0 Å². The predicted octanol–water partition coefficient (Wildman–Crippen LogP) is 1.80. The molecule has 0 spiro atoms. The minimum absolute atomic E-state index is 0.370. The summed E-state index contributed by atoms with van der Waals surface area (Å²) in [6.45, 7) is 1.70. The minimum atomic E-state index is -0.992. The normalized spacial score (nSPS) is 13.2. The molecule has 0 fully saturated rings. The molecule has 2 unspecified atom stereocenters. The van der Waals surface area contributed by atoms with E-state index in [2.05, 4.69) is 9.47 Å². The van der Waals surface area contributed by atoms with Crippen LogP contribution in [0.5, 0.6) is 0 Å². The highest BCUT2D eigenvalue weighted by molar-refractivity contribution is 8.00. The zero-order chi connectivity index (χ0) is 15.1. The van der Waals surface area contributed by atoms with Crippen molar-refractivity contribution in [1.82, 2.24) is 0 Å². The van der Waals surface area contributed by atoms with Crippen molar-refractivity contribution in [2.45, 2.75) is 23.0 Å². The van der Waals surface area contributed by atoms with Crippen molar-refractivity contribution in [2.75, 3.05) is 14.2 Å². The summed E-state index contributed by atoms with van der Waals surface area (Å²) in [5.74, 6) is -1.99. The standard InChI is InChI=1S/C14H16O5S/c1-9(13(16)18-2)20-12-7-5-4-6-10(12)11(8-15)14(17)19-3/h4-9,11H,1-3H3. The monoisotopic (exact) mass is 296 g/mol. The number of aldehydes is 1. The van der Waals surface area contributed by atoms with Gasteiger partial charge in [-0.2, -0.15) is 0 Å². The van der Waals surface area contributed by atoms with Gasteiger partial charge >= 0.3 is 11.9 Å². The van der Waals surface area contributed by atoms with Crippen LogP contribution in [0.1, 0.15) is 18.4 Å². The van der Waals surface area contributed by atoms with Crippen LogP contribution >= 0.6 is 11.8 Å². The van der Waals surface area contributed by atoms with Gasteiger partial charge in [0.05, 0.1) is 14.2 Å². The summed E-state index contributed by atoms with van der Waals surface area (Å²) >= 11 is 1.23. The lowest BCUT2D eigenvalue weighted by atomic mass is 10.0. The molecular formula is C14H16O5S. The molecule has 1 rings (SSSR count). The molecule has 0 N–H and O–H groups in total. The Morgan fingerprint density at radius 3 is 2.30 bits per heavy atom. The highest BCUT2D eigenvalue weighted by Gasteiger charge is 2.25. The smallest absolute Gasteiger partial charge is 0.320 e. The molecule has 2 atom stereocenters. The van der Waals surface area contributed by atoms with Crippen molar-refractivity contribution < 1.29 is 23.9 Å².